The number of amides is 1. The van der Waals surface area contributed by atoms with Gasteiger partial charge in [-0.05, 0) is 67.1 Å². The van der Waals surface area contributed by atoms with Gasteiger partial charge >= 0.3 is 0 Å². The normalized spacial score (nSPS) is 13.7. The van der Waals surface area contributed by atoms with Crippen LogP contribution < -0.4 is 4.90 Å². The first-order valence-corrected chi connectivity index (χ1v) is 14.9. The third kappa shape index (κ3) is 3.85. The highest BCUT2D eigenvalue weighted by atomic mass is 127. The van der Waals surface area contributed by atoms with E-state index in [1.165, 1.54) is 22.0 Å². The molecule has 1 amide bonds. The van der Waals surface area contributed by atoms with Crippen LogP contribution in [0, 0.1) is 20.8 Å². The number of carbonyl (C=O) groups excluding carboxylic acids is 1. The third-order valence-corrected chi connectivity index (χ3v) is 8.57. The summed E-state index contributed by atoms with van der Waals surface area (Å²) >= 11 is 2.31. The highest BCUT2D eigenvalue weighted by Gasteiger charge is 2.30. The highest BCUT2D eigenvalue weighted by Crippen LogP contribution is 2.37. The number of benzene rings is 2. The van der Waals surface area contributed by atoms with Crippen LogP contribution in [0.15, 0.2) is 48.7 Å². The summed E-state index contributed by atoms with van der Waals surface area (Å²) < 4.78 is 2.19. The molecule has 0 N–H and O–H groups in total. The molecule has 0 saturated heterocycles. The molecule has 0 atom stereocenters. The zero-order valence-corrected chi connectivity index (χ0v) is 23.1. The molecule has 1 aliphatic heterocycles. The second-order valence-corrected chi connectivity index (χ2v) is 11.2. The Kier molecular flexibility index (Phi) is 6.23. The van der Waals surface area contributed by atoms with E-state index in [9.17, 15) is 4.79 Å². The molecule has 2 aromatic heterocycles. The van der Waals surface area contributed by atoms with Crippen molar-refractivity contribution in [3.8, 4) is 11.3 Å². The Labute approximate surface area is 217 Å². The Hall–Kier alpha value is -2.32. The van der Waals surface area contributed by atoms with Gasteiger partial charge in [-0.2, -0.15) is 0 Å². The van der Waals surface area contributed by atoms with Crippen LogP contribution in [-0.4, -0.2) is 21.4 Å². The van der Waals surface area contributed by atoms with Gasteiger partial charge in [0, 0.05) is 66.1 Å². The van der Waals surface area contributed by atoms with Crippen molar-refractivity contribution in [2.75, 3.05) is 11.4 Å². The van der Waals surface area contributed by atoms with E-state index >= 15 is 0 Å². The summed E-state index contributed by atoms with van der Waals surface area (Å²) in [6, 6.07) is 14.9. The molecule has 4 aromatic rings. The molecule has 6 heteroatoms. The van der Waals surface area contributed by atoms with Crippen LogP contribution in [0.5, 0.6) is 0 Å². The molecule has 0 unspecified atom stereocenters. The van der Waals surface area contributed by atoms with Crippen LogP contribution in [0.2, 0.25) is 0 Å². The van der Waals surface area contributed by atoms with Gasteiger partial charge in [-0.25, -0.2) is 0 Å². The van der Waals surface area contributed by atoms with E-state index in [4.69, 9.17) is 4.98 Å². The number of rotatable bonds is 4. The first-order chi connectivity index (χ1) is 16.3. The molecule has 34 heavy (non-hydrogen) atoms. The van der Waals surface area contributed by atoms with Gasteiger partial charge in [0.05, 0.1) is 22.5 Å². The van der Waals surface area contributed by atoms with Crippen LogP contribution in [0.3, 0.4) is 0 Å². The van der Waals surface area contributed by atoms with Crippen LogP contribution in [0.1, 0.15) is 58.1 Å². The van der Waals surface area contributed by atoms with Crippen LogP contribution in [0.25, 0.3) is 22.2 Å². The Morgan fingerprint density at radius 2 is 1.82 bits per heavy atom. The average Bonchev–Trinajstić information content (AvgIpc) is 3.15. The molecule has 4 nitrogen and oxygen atoms in total. The fraction of sp³-hybridized carbons (Fsp3) is 0.286. The van der Waals surface area contributed by atoms with Crippen molar-refractivity contribution in [2.45, 2.75) is 47.0 Å². The van der Waals surface area contributed by atoms with Crippen LogP contribution in [-0.2, 0) is 6.42 Å². The van der Waals surface area contributed by atoms with E-state index < -0.39 is 0 Å². The van der Waals surface area contributed by atoms with E-state index in [-0.39, 0.29) is 5.91 Å². The second-order valence-electron chi connectivity index (χ2n) is 9.46. The molecule has 3 heterocycles. The monoisotopic (exact) mass is 581 g/mol. The van der Waals surface area contributed by atoms with Crippen molar-refractivity contribution in [3.05, 3.63) is 82.2 Å². The Bertz CT molecular complexity index is 1440. The SMILES string of the molecule is Cc1ccc(C(C)C)cc1N1CCc2nc(-c3cccc4c3c(C)cn4SI)cc(C)c2C1=O. The Morgan fingerprint density at radius 3 is 2.56 bits per heavy atom. The molecule has 0 aliphatic carbocycles. The summed E-state index contributed by atoms with van der Waals surface area (Å²) in [5, 5.41) is 1.23. The van der Waals surface area contributed by atoms with Crippen LogP contribution in [0.4, 0.5) is 5.69 Å². The number of fused-ring (bicyclic) bond motifs is 2. The maximum absolute atomic E-state index is 13.7. The van der Waals surface area contributed by atoms with E-state index in [1.807, 2.05) is 11.8 Å². The van der Waals surface area contributed by atoms with E-state index in [0.29, 0.717) is 12.5 Å². The zero-order valence-electron chi connectivity index (χ0n) is 20.1. The minimum Gasteiger partial charge on any atom is -0.308 e. The number of anilines is 1. The minimum atomic E-state index is 0.0589. The molecular formula is C28H28IN3OS. The van der Waals surface area contributed by atoms with Gasteiger partial charge in [0.2, 0.25) is 0 Å². The largest absolute Gasteiger partial charge is 0.308 e. The molecule has 0 spiro atoms. The molecule has 0 saturated carbocycles. The lowest BCUT2D eigenvalue weighted by molar-refractivity contribution is 0.0979. The highest BCUT2D eigenvalue weighted by molar-refractivity contribution is 14.2. The molecule has 0 radical (unpaired) electrons. The summed E-state index contributed by atoms with van der Waals surface area (Å²) in [5.74, 6) is 0.479. The lowest BCUT2D eigenvalue weighted by Gasteiger charge is -2.31. The molecule has 1 aliphatic rings. The van der Waals surface area contributed by atoms with E-state index in [2.05, 4.69) is 102 Å². The number of aromatic nitrogens is 2. The summed E-state index contributed by atoms with van der Waals surface area (Å²) in [7, 11) is 1.67. The van der Waals surface area contributed by atoms with Gasteiger partial charge in [-0.1, -0.05) is 38.1 Å². The summed E-state index contributed by atoms with van der Waals surface area (Å²) in [6.07, 6.45) is 2.92. The number of hydrogen-bond donors (Lipinski definition) is 0. The van der Waals surface area contributed by atoms with Gasteiger partial charge in [-0.3, -0.25) is 13.8 Å². The number of halogens is 1. The van der Waals surface area contributed by atoms with Crippen molar-refractivity contribution < 1.29 is 4.79 Å². The van der Waals surface area contributed by atoms with Gasteiger partial charge in [0.25, 0.3) is 5.91 Å². The quantitative estimate of drug-likeness (QED) is 0.231. The predicted molar refractivity (Wildman–Crippen MR) is 152 cm³/mol. The van der Waals surface area contributed by atoms with E-state index in [0.717, 1.165) is 45.7 Å². The maximum atomic E-state index is 13.7. The lowest BCUT2D eigenvalue weighted by Crippen LogP contribution is -2.39. The Balaban J connectivity index is 1.59. The van der Waals surface area contributed by atoms with Gasteiger partial charge in [0.1, 0.15) is 0 Å². The first kappa shape index (κ1) is 23.4. The average molecular weight is 582 g/mol. The Morgan fingerprint density at radius 1 is 1.03 bits per heavy atom. The van der Waals surface area contributed by atoms with Crippen molar-refractivity contribution in [1.82, 2.24) is 8.96 Å². The van der Waals surface area contributed by atoms with Crippen molar-refractivity contribution in [1.29, 1.82) is 0 Å². The van der Waals surface area contributed by atoms with Crippen LogP contribution >= 0.6 is 30.3 Å². The minimum absolute atomic E-state index is 0.0589. The van der Waals surface area contributed by atoms with Gasteiger partial charge in [0.15, 0.2) is 0 Å². The fourth-order valence-electron chi connectivity index (χ4n) is 5.03. The fourth-order valence-corrected chi connectivity index (χ4v) is 6.43. The molecule has 5 rings (SSSR count). The van der Waals surface area contributed by atoms with Crippen molar-refractivity contribution >= 4 is 52.8 Å². The second kappa shape index (κ2) is 9.04. The first-order valence-electron chi connectivity index (χ1n) is 11.6. The van der Waals surface area contributed by atoms with E-state index in [1.54, 1.807) is 9.12 Å². The number of hydrogen-bond acceptors (Lipinski definition) is 3. The predicted octanol–water partition coefficient (Wildman–Crippen LogP) is 7.80. The van der Waals surface area contributed by atoms with Crippen molar-refractivity contribution in [3.63, 3.8) is 0 Å². The van der Waals surface area contributed by atoms with Crippen molar-refractivity contribution in [2.24, 2.45) is 0 Å². The number of aryl methyl sites for hydroxylation is 3. The molecule has 0 bridgehead atoms. The molecule has 174 valence electrons. The summed E-state index contributed by atoms with van der Waals surface area (Å²) in [5.41, 5.74) is 10.5. The summed E-state index contributed by atoms with van der Waals surface area (Å²) in [6.45, 7) is 11.3. The number of nitrogens with zero attached hydrogens (tertiary/aromatic N) is 3. The van der Waals surface area contributed by atoms with Gasteiger partial charge < -0.3 is 4.90 Å². The smallest absolute Gasteiger partial charge is 0.260 e. The summed E-state index contributed by atoms with van der Waals surface area (Å²) in [4.78, 5) is 20.7. The van der Waals surface area contributed by atoms with Gasteiger partial charge in [-0.15, -0.1) is 0 Å². The lowest BCUT2D eigenvalue weighted by atomic mass is 9.94. The number of pyridine rings is 1. The molecule has 0 fully saturated rings. The molecule has 2 aromatic carbocycles. The number of carbonyl (C=O) groups is 1. The maximum Gasteiger partial charge on any atom is 0.260 e. The topological polar surface area (TPSA) is 38.1 Å². The third-order valence-electron chi connectivity index (χ3n) is 6.85. The standard InChI is InChI=1S/C28H28IN3OS/c1-16(2)20-10-9-17(3)25(14-20)31-12-11-22-27(28(31)33)18(4)13-23(30-22)21-7-6-8-24-26(21)19(5)15-32(24)34-29/h6-10,13-16H,11-12H2,1-5H3. The zero-order chi connectivity index (χ0) is 24.1. The molecular weight excluding hydrogens is 553 g/mol.